The molecule has 0 fully saturated rings. The largest absolute Gasteiger partial charge is 0.288 e. The molecule has 2 aromatic carbocycles. The topological polar surface area (TPSA) is 12.4 Å². The van der Waals surface area contributed by atoms with Crippen LogP contribution in [0.15, 0.2) is 71.8 Å². The molecule has 1 heteroatoms. The maximum atomic E-state index is 4.57. The standard InChI is InChI=1S/C27H33N.C2H6/c1-8-23-12-14-24(15-13-23)10-9-11-25(19(2)3)18-27(28-7)26-16-20(4)22(6)21(5)17-26;1-2/h8,12-18H,1-2,9-11H2,3-7H3;1-2H3/b25-18-,28-27?;. The van der Waals surface area contributed by atoms with Crippen LogP contribution in [0.25, 0.3) is 6.08 Å². The fourth-order valence-electron chi connectivity index (χ4n) is 3.34. The number of allylic oxidation sites excluding steroid dienone is 3. The smallest absolute Gasteiger partial charge is 0.0646 e. The summed E-state index contributed by atoms with van der Waals surface area (Å²) in [5, 5.41) is 0. The first-order valence-electron chi connectivity index (χ1n) is 11.0. The molecule has 0 radical (unpaired) electrons. The zero-order valence-electron chi connectivity index (χ0n) is 20.1. The van der Waals surface area contributed by atoms with Gasteiger partial charge in [-0.2, -0.15) is 0 Å². The third-order valence-electron chi connectivity index (χ3n) is 5.45. The van der Waals surface area contributed by atoms with Gasteiger partial charge in [-0.25, -0.2) is 0 Å². The lowest BCUT2D eigenvalue weighted by atomic mass is 9.94. The van der Waals surface area contributed by atoms with Crippen molar-refractivity contribution < 1.29 is 0 Å². The predicted octanol–water partition coefficient (Wildman–Crippen LogP) is 8.23. The number of hydrogen-bond acceptors (Lipinski definition) is 1. The van der Waals surface area contributed by atoms with Gasteiger partial charge in [0.25, 0.3) is 0 Å². The van der Waals surface area contributed by atoms with E-state index < -0.39 is 0 Å². The first-order chi connectivity index (χ1) is 14.3. The van der Waals surface area contributed by atoms with Crippen molar-refractivity contribution in [1.29, 1.82) is 0 Å². The molecule has 0 amide bonds. The van der Waals surface area contributed by atoms with Crippen LogP contribution >= 0.6 is 0 Å². The van der Waals surface area contributed by atoms with E-state index in [2.05, 4.69) is 88.3 Å². The molecule has 0 saturated carbocycles. The van der Waals surface area contributed by atoms with E-state index in [9.17, 15) is 0 Å². The van der Waals surface area contributed by atoms with Crippen LogP contribution in [-0.4, -0.2) is 12.8 Å². The van der Waals surface area contributed by atoms with Crippen molar-refractivity contribution in [2.45, 2.75) is 60.8 Å². The Bertz CT molecular complexity index is 885. The van der Waals surface area contributed by atoms with Crippen molar-refractivity contribution in [2.75, 3.05) is 7.05 Å². The lowest BCUT2D eigenvalue weighted by molar-refractivity contribution is 0.817. The lowest BCUT2D eigenvalue weighted by Gasteiger charge is -2.12. The summed E-state index contributed by atoms with van der Waals surface area (Å²) >= 11 is 0. The second-order valence-electron chi connectivity index (χ2n) is 7.59. The van der Waals surface area contributed by atoms with Crippen LogP contribution < -0.4 is 0 Å². The normalized spacial score (nSPS) is 11.6. The van der Waals surface area contributed by atoms with Crippen molar-refractivity contribution in [2.24, 2.45) is 4.99 Å². The van der Waals surface area contributed by atoms with Gasteiger partial charge in [0.05, 0.1) is 5.71 Å². The van der Waals surface area contributed by atoms with Gasteiger partial charge in [0.1, 0.15) is 0 Å². The number of aryl methyl sites for hydroxylation is 3. The molecular weight excluding hydrogens is 362 g/mol. The fraction of sp³-hybridized carbons (Fsp3) is 0.345. The number of aliphatic imine (C=N–C) groups is 1. The Balaban J connectivity index is 0.00000218. The van der Waals surface area contributed by atoms with E-state index in [0.29, 0.717) is 0 Å². The van der Waals surface area contributed by atoms with Gasteiger partial charge in [-0.15, -0.1) is 0 Å². The van der Waals surface area contributed by atoms with E-state index in [4.69, 9.17) is 0 Å². The van der Waals surface area contributed by atoms with Crippen molar-refractivity contribution >= 4 is 11.8 Å². The molecule has 1 nitrogen and oxygen atoms in total. The molecule has 0 spiro atoms. The highest BCUT2D eigenvalue weighted by molar-refractivity contribution is 6.09. The van der Waals surface area contributed by atoms with Crippen LogP contribution in [0.3, 0.4) is 0 Å². The Morgan fingerprint density at radius 3 is 2.03 bits per heavy atom. The quantitative estimate of drug-likeness (QED) is 0.312. The maximum Gasteiger partial charge on any atom is 0.0646 e. The molecule has 0 unspecified atom stereocenters. The minimum atomic E-state index is 1.00. The Labute approximate surface area is 185 Å². The van der Waals surface area contributed by atoms with E-state index in [1.54, 1.807) is 0 Å². The van der Waals surface area contributed by atoms with Crippen LogP contribution in [-0.2, 0) is 6.42 Å². The third-order valence-corrected chi connectivity index (χ3v) is 5.45. The monoisotopic (exact) mass is 401 g/mol. The van der Waals surface area contributed by atoms with Gasteiger partial charge in [-0.1, -0.05) is 62.9 Å². The minimum absolute atomic E-state index is 1.00. The average Bonchev–Trinajstić information content (AvgIpc) is 2.75. The third kappa shape index (κ3) is 7.30. The van der Waals surface area contributed by atoms with Crippen LogP contribution in [0.5, 0.6) is 0 Å². The molecular formula is C29H39N. The first-order valence-corrected chi connectivity index (χ1v) is 11.0. The van der Waals surface area contributed by atoms with Crippen molar-refractivity contribution in [1.82, 2.24) is 0 Å². The summed E-state index contributed by atoms with van der Waals surface area (Å²) in [6, 6.07) is 13.1. The second-order valence-corrected chi connectivity index (χ2v) is 7.59. The summed E-state index contributed by atoms with van der Waals surface area (Å²) in [4.78, 5) is 4.57. The van der Waals surface area contributed by atoms with E-state index in [1.807, 2.05) is 27.0 Å². The van der Waals surface area contributed by atoms with Crippen molar-refractivity contribution in [3.05, 3.63) is 100 Å². The van der Waals surface area contributed by atoms with Crippen LogP contribution in [0.2, 0.25) is 0 Å². The minimum Gasteiger partial charge on any atom is -0.288 e. The fourth-order valence-corrected chi connectivity index (χ4v) is 3.34. The molecule has 2 aromatic rings. The van der Waals surface area contributed by atoms with Crippen LogP contribution in [0, 0.1) is 20.8 Å². The van der Waals surface area contributed by atoms with Crippen LogP contribution in [0.4, 0.5) is 0 Å². The highest BCUT2D eigenvalue weighted by atomic mass is 14.7. The summed E-state index contributed by atoms with van der Waals surface area (Å²) in [5.41, 5.74) is 11.1. The summed E-state index contributed by atoms with van der Waals surface area (Å²) in [7, 11) is 1.87. The summed E-state index contributed by atoms with van der Waals surface area (Å²) in [6.07, 6.45) is 7.25. The Morgan fingerprint density at radius 2 is 1.57 bits per heavy atom. The predicted molar refractivity (Wildman–Crippen MR) is 137 cm³/mol. The Hall–Kier alpha value is -2.67. The summed E-state index contributed by atoms with van der Waals surface area (Å²) in [5.74, 6) is 0. The molecule has 30 heavy (non-hydrogen) atoms. The van der Waals surface area contributed by atoms with Crippen molar-refractivity contribution in [3.63, 3.8) is 0 Å². The van der Waals surface area contributed by atoms with Gasteiger partial charge in [-0.3, -0.25) is 4.99 Å². The van der Waals surface area contributed by atoms with Gasteiger partial charge >= 0.3 is 0 Å². The van der Waals surface area contributed by atoms with E-state index in [0.717, 1.165) is 30.5 Å². The number of benzene rings is 2. The molecule has 0 saturated heterocycles. The number of rotatable bonds is 8. The molecule has 0 aromatic heterocycles. The Morgan fingerprint density at radius 1 is 1.00 bits per heavy atom. The SMILES string of the molecule is C=Cc1ccc(CCC/C(=C/C(=NC)c2cc(C)c(C)c(C)c2)C(=C)C)cc1.CC. The van der Waals surface area contributed by atoms with Gasteiger partial charge in [0.2, 0.25) is 0 Å². The molecule has 0 atom stereocenters. The summed E-state index contributed by atoms with van der Waals surface area (Å²) < 4.78 is 0. The van der Waals surface area contributed by atoms with Crippen LogP contribution in [0.1, 0.15) is 67.0 Å². The van der Waals surface area contributed by atoms with E-state index >= 15 is 0 Å². The maximum absolute atomic E-state index is 4.57. The first kappa shape index (κ1) is 25.4. The molecule has 2 rings (SSSR count). The van der Waals surface area contributed by atoms with Gasteiger partial charge in [-0.05, 0) is 98.6 Å². The molecule has 160 valence electrons. The zero-order chi connectivity index (χ0) is 22.7. The molecule has 0 aliphatic carbocycles. The number of hydrogen-bond donors (Lipinski definition) is 0. The van der Waals surface area contributed by atoms with Gasteiger partial charge in [0, 0.05) is 12.6 Å². The molecule has 0 aliphatic rings. The second kappa shape index (κ2) is 12.8. The molecule has 0 heterocycles. The lowest BCUT2D eigenvalue weighted by Crippen LogP contribution is -2.02. The van der Waals surface area contributed by atoms with Crippen molar-refractivity contribution in [3.8, 4) is 0 Å². The van der Waals surface area contributed by atoms with Gasteiger partial charge in [0.15, 0.2) is 0 Å². The molecule has 0 N–H and O–H groups in total. The Kier molecular flexibility index (Phi) is 10.8. The van der Waals surface area contributed by atoms with E-state index in [1.165, 1.54) is 39.0 Å². The van der Waals surface area contributed by atoms with Gasteiger partial charge < -0.3 is 0 Å². The summed E-state index contributed by atoms with van der Waals surface area (Å²) in [6.45, 7) is 20.6. The van der Waals surface area contributed by atoms with E-state index in [-0.39, 0.29) is 0 Å². The molecule has 0 aliphatic heterocycles. The highest BCUT2D eigenvalue weighted by Crippen LogP contribution is 2.21. The molecule has 0 bridgehead atoms. The number of nitrogens with zero attached hydrogens (tertiary/aromatic N) is 1. The zero-order valence-corrected chi connectivity index (χ0v) is 20.1. The average molecular weight is 402 g/mol. The highest BCUT2D eigenvalue weighted by Gasteiger charge is 2.08.